The Morgan fingerprint density at radius 3 is 2.95 bits per heavy atom. The van der Waals surface area contributed by atoms with Crippen molar-refractivity contribution in [3.8, 4) is 0 Å². The number of nitrogens with zero attached hydrogens (tertiary/aromatic N) is 2. The van der Waals surface area contributed by atoms with Gasteiger partial charge in [-0.1, -0.05) is 17.7 Å². The molecule has 3 nitrogen and oxygen atoms in total. The molecule has 2 aromatic heterocycles. The van der Waals surface area contributed by atoms with Gasteiger partial charge in [-0.25, -0.2) is 4.98 Å². The van der Waals surface area contributed by atoms with Gasteiger partial charge in [0, 0.05) is 16.0 Å². The van der Waals surface area contributed by atoms with Crippen molar-refractivity contribution >= 4 is 45.5 Å². The zero-order chi connectivity index (χ0) is 13.2. The minimum absolute atomic E-state index is 0.655. The van der Waals surface area contributed by atoms with E-state index in [1.54, 1.807) is 0 Å². The van der Waals surface area contributed by atoms with Gasteiger partial charge in [0.25, 0.3) is 0 Å². The third-order valence-corrected chi connectivity index (χ3v) is 3.79. The lowest BCUT2D eigenvalue weighted by Gasteiger charge is -2.06. The molecule has 0 bridgehead atoms. The summed E-state index contributed by atoms with van der Waals surface area (Å²) in [5, 5.41) is 4.04. The molecule has 0 fully saturated rings. The fraction of sp³-hybridized carbons (Fsp3) is 0.0714. The molecule has 19 heavy (non-hydrogen) atoms. The third kappa shape index (κ3) is 2.84. The number of halogens is 2. The van der Waals surface area contributed by atoms with E-state index in [9.17, 15) is 0 Å². The van der Waals surface area contributed by atoms with E-state index in [1.807, 2.05) is 53.2 Å². The van der Waals surface area contributed by atoms with E-state index < -0.39 is 0 Å². The van der Waals surface area contributed by atoms with Gasteiger partial charge in [0.2, 0.25) is 0 Å². The molecule has 0 unspecified atom stereocenters. The zero-order valence-electron chi connectivity index (χ0n) is 9.98. The normalized spacial score (nSPS) is 10.8. The molecule has 1 aromatic carbocycles. The van der Waals surface area contributed by atoms with Gasteiger partial charge in [-0.3, -0.25) is 0 Å². The molecule has 2 heterocycles. The SMILES string of the molecule is Clc1cc(I)ccc1NCc1cn2ccccc2n1. The predicted molar refractivity (Wildman–Crippen MR) is 86.7 cm³/mol. The van der Waals surface area contributed by atoms with Gasteiger partial charge in [-0.15, -0.1) is 0 Å². The van der Waals surface area contributed by atoms with Crippen LogP contribution in [0.15, 0.2) is 48.8 Å². The molecule has 3 aromatic rings. The minimum atomic E-state index is 0.655. The summed E-state index contributed by atoms with van der Waals surface area (Å²) in [5.74, 6) is 0. The Balaban J connectivity index is 1.78. The highest BCUT2D eigenvalue weighted by molar-refractivity contribution is 14.1. The van der Waals surface area contributed by atoms with Gasteiger partial charge < -0.3 is 9.72 Å². The van der Waals surface area contributed by atoms with E-state index >= 15 is 0 Å². The van der Waals surface area contributed by atoms with Crippen molar-refractivity contribution in [1.29, 1.82) is 0 Å². The molecule has 1 N–H and O–H groups in total. The number of nitrogens with one attached hydrogen (secondary N) is 1. The Morgan fingerprint density at radius 1 is 1.26 bits per heavy atom. The quantitative estimate of drug-likeness (QED) is 0.687. The van der Waals surface area contributed by atoms with Crippen LogP contribution in [0.3, 0.4) is 0 Å². The molecule has 0 atom stereocenters. The first-order valence-corrected chi connectivity index (χ1v) is 7.29. The lowest BCUT2D eigenvalue weighted by Crippen LogP contribution is -2.00. The Hall–Kier alpha value is -1.27. The Morgan fingerprint density at radius 2 is 2.16 bits per heavy atom. The van der Waals surface area contributed by atoms with Crippen molar-refractivity contribution in [3.63, 3.8) is 0 Å². The van der Waals surface area contributed by atoms with Crippen LogP contribution >= 0.6 is 34.2 Å². The molecule has 0 saturated carbocycles. The Bertz CT molecular complexity index is 691. The van der Waals surface area contributed by atoms with Crippen molar-refractivity contribution < 1.29 is 0 Å². The molecule has 0 aliphatic rings. The molecule has 0 spiro atoms. The molecular formula is C14H11ClIN3. The first kappa shape index (κ1) is 12.7. The van der Waals surface area contributed by atoms with Crippen LogP contribution in [0.2, 0.25) is 5.02 Å². The monoisotopic (exact) mass is 383 g/mol. The van der Waals surface area contributed by atoms with Crippen LogP contribution in [-0.2, 0) is 6.54 Å². The molecule has 0 aliphatic heterocycles. The number of aromatic nitrogens is 2. The van der Waals surface area contributed by atoms with Crippen molar-refractivity contribution in [3.05, 3.63) is 63.1 Å². The molecule has 0 aliphatic carbocycles. The average Bonchev–Trinajstić information content (AvgIpc) is 2.80. The van der Waals surface area contributed by atoms with Crippen molar-refractivity contribution in [1.82, 2.24) is 9.38 Å². The molecule has 5 heteroatoms. The smallest absolute Gasteiger partial charge is 0.137 e. The fourth-order valence-corrected chi connectivity index (χ4v) is 2.81. The predicted octanol–water partition coefficient (Wildman–Crippen LogP) is 4.20. The summed E-state index contributed by atoms with van der Waals surface area (Å²) in [6.07, 6.45) is 4.01. The largest absolute Gasteiger partial charge is 0.378 e. The summed E-state index contributed by atoms with van der Waals surface area (Å²) in [5.41, 5.74) is 2.87. The maximum absolute atomic E-state index is 6.18. The van der Waals surface area contributed by atoms with E-state index in [0.717, 1.165) is 25.6 Å². The first-order chi connectivity index (χ1) is 9.22. The summed E-state index contributed by atoms with van der Waals surface area (Å²) >= 11 is 8.43. The second-order valence-corrected chi connectivity index (χ2v) is 5.83. The number of fused-ring (bicyclic) bond motifs is 1. The minimum Gasteiger partial charge on any atom is -0.378 e. The van der Waals surface area contributed by atoms with Gasteiger partial charge in [-0.2, -0.15) is 0 Å². The van der Waals surface area contributed by atoms with Gasteiger partial charge in [0.15, 0.2) is 0 Å². The number of benzene rings is 1. The molecule has 0 amide bonds. The standard InChI is InChI=1S/C14H11ClIN3/c15-12-7-10(16)4-5-13(12)17-8-11-9-19-6-2-1-3-14(19)18-11/h1-7,9,17H,8H2. The summed E-state index contributed by atoms with van der Waals surface area (Å²) < 4.78 is 3.13. The van der Waals surface area contributed by atoms with Gasteiger partial charge >= 0.3 is 0 Å². The van der Waals surface area contributed by atoms with E-state index in [-0.39, 0.29) is 0 Å². The van der Waals surface area contributed by atoms with E-state index in [1.165, 1.54) is 0 Å². The Labute approximate surface area is 129 Å². The van der Waals surface area contributed by atoms with Crippen molar-refractivity contribution in [2.75, 3.05) is 5.32 Å². The summed E-state index contributed by atoms with van der Waals surface area (Å²) in [6, 6.07) is 11.9. The number of hydrogen-bond donors (Lipinski definition) is 1. The second kappa shape index (κ2) is 5.38. The van der Waals surface area contributed by atoms with Crippen LogP contribution in [0.4, 0.5) is 5.69 Å². The van der Waals surface area contributed by atoms with Gasteiger partial charge in [0.05, 0.1) is 22.9 Å². The number of rotatable bonds is 3. The van der Waals surface area contributed by atoms with Crippen LogP contribution < -0.4 is 5.32 Å². The van der Waals surface area contributed by atoms with Crippen LogP contribution in [0, 0.1) is 3.57 Å². The topological polar surface area (TPSA) is 29.3 Å². The maximum atomic E-state index is 6.18. The summed E-state index contributed by atoms with van der Waals surface area (Å²) in [7, 11) is 0. The highest BCUT2D eigenvalue weighted by Gasteiger charge is 2.03. The highest BCUT2D eigenvalue weighted by atomic mass is 127. The zero-order valence-corrected chi connectivity index (χ0v) is 12.9. The summed E-state index contributed by atoms with van der Waals surface area (Å²) in [4.78, 5) is 4.53. The van der Waals surface area contributed by atoms with Gasteiger partial charge in [-0.05, 0) is 52.9 Å². The summed E-state index contributed by atoms with van der Waals surface area (Å²) in [6.45, 7) is 0.655. The van der Waals surface area contributed by atoms with Crippen molar-refractivity contribution in [2.45, 2.75) is 6.54 Å². The lowest BCUT2D eigenvalue weighted by atomic mass is 10.3. The maximum Gasteiger partial charge on any atom is 0.137 e. The van der Waals surface area contributed by atoms with Crippen molar-refractivity contribution in [2.24, 2.45) is 0 Å². The van der Waals surface area contributed by atoms with E-state index in [4.69, 9.17) is 11.6 Å². The highest BCUT2D eigenvalue weighted by Crippen LogP contribution is 2.24. The van der Waals surface area contributed by atoms with Crippen LogP contribution in [-0.4, -0.2) is 9.38 Å². The lowest BCUT2D eigenvalue weighted by molar-refractivity contribution is 1.08. The van der Waals surface area contributed by atoms with Crippen LogP contribution in [0.1, 0.15) is 5.69 Å². The second-order valence-electron chi connectivity index (χ2n) is 4.18. The number of pyridine rings is 1. The average molecular weight is 384 g/mol. The van der Waals surface area contributed by atoms with Crippen LogP contribution in [0.5, 0.6) is 0 Å². The molecule has 0 saturated heterocycles. The molecule has 0 radical (unpaired) electrons. The molecule has 96 valence electrons. The molecular weight excluding hydrogens is 373 g/mol. The Kier molecular flexibility index (Phi) is 3.61. The van der Waals surface area contributed by atoms with E-state index in [2.05, 4.69) is 32.9 Å². The number of hydrogen-bond acceptors (Lipinski definition) is 2. The van der Waals surface area contributed by atoms with Gasteiger partial charge in [0.1, 0.15) is 5.65 Å². The first-order valence-electron chi connectivity index (χ1n) is 5.84. The fourth-order valence-electron chi connectivity index (χ4n) is 1.89. The third-order valence-electron chi connectivity index (χ3n) is 2.80. The number of anilines is 1. The number of imidazole rings is 1. The van der Waals surface area contributed by atoms with E-state index in [0.29, 0.717) is 6.54 Å². The van der Waals surface area contributed by atoms with Crippen LogP contribution in [0.25, 0.3) is 5.65 Å². The molecule has 3 rings (SSSR count).